The molecule has 0 heteroatoms. The van der Waals surface area contributed by atoms with Crippen molar-refractivity contribution in [2.75, 3.05) is 0 Å². The van der Waals surface area contributed by atoms with Crippen molar-refractivity contribution in [1.82, 2.24) is 0 Å². The molecule has 0 N–H and O–H groups in total. The van der Waals surface area contributed by atoms with Crippen molar-refractivity contribution in [2.24, 2.45) is 0 Å². The third-order valence-electron chi connectivity index (χ3n) is 3.06. The quantitative estimate of drug-likeness (QED) is 0.689. The summed E-state index contributed by atoms with van der Waals surface area (Å²) in [5, 5.41) is 0. The largest absolute Gasteiger partial charge is 0.0955 e. The maximum absolute atomic E-state index is 4.05. The molecule has 2 aromatic rings. The second-order valence-corrected chi connectivity index (χ2v) is 4.38. The number of aryl methyl sites for hydroxylation is 1. The number of hydrogen-bond acceptors (Lipinski definition) is 0. The number of rotatable bonds is 3. The molecule has 0 heterocycles. The van der Waals surface area contributed by atoms with Crippen LogP contribution in [0.15, 0.2) is 55.1 Å². The van der Waals surface area contributed by atoms with Crippen molar-refractivity contribution in [3.05, 3.63) is 66.2 Å². The molecule has 2 aromatic carbocycles. The fraction of sp³-hybridized carbons (Fsp3) is 0.176. The Hall–Kier alpha value is -1.82. The number of benzene rings is 2. The Balaban J connectivity index is 2.48. The van der Waals surface area contributed by atoms with Crippen LogP contribution in [-0.2, 0) is 6.42 Å². The lowest BCUT2D eigenvalue weighted by atomic mass is 9.95. The molecule has 0 bridgehead atoms. The van der Waals surface area contributed by atoms with E-state index in [9.17, 15) is 0 Å². The summed E-state index contributed by atoms with van der Waals surface area (Å²) in [6.07, 6.45) is 1.09. The molecule has 0 aliphatic rings. The van der Waals surface area contributed by atoms with Gasteiger partial charge in [0, 0.05) is 0 Å². The highest BCUT2D eigenvalue weighted by atomic mass is 14.1. The summed E-state index contributed by atoms with van der Waals surface area (Å²) in [7, 11) is 0. The van der Waals surface area contributed by atoms with Gasteiger partial charge in [0.1, 0.15) is 0 Å². The molecule has 17 heavy (non-hydrogen) atoms. The molecule has 2 rings (SSSR count). The molecule has 0 unspecified atom stereocenters. The first kappa shape index (κ1) is 11.7. The first-order chi connectivity index (χ1) is 8.22. The zero-order valence-electron chi connectivity index (χ0n) is 10.5. The molecule has 0 fully saturated rings. The lowest BCUT2D eigenvalue weighted by Gasteiger charge is -2.09. The van der Waals surface area contributed by atoms with Gasteiger partial charge in [0.2, 0.25) is 0 Å². The third-order valence-corrected chi connectivity index (χ3v) is 3.06. The molecular weight excluding hydrogens is 204 g/mol. The van der Waals surface area contributed by atoms with Gasteiger partial charge in [-0.3, -0.25) is 0 Å². The molecule has 0 radical (unpaired) electrons. The predicted octanol–water partition coefficient (Wildman–Crippen LogP) is 4.95. The second-order valence-electron chi connectivity index (χ2n) is 4.38. The van der Waals surface area contributed by atoms with Crippen LogP contribution in [-0.4, -0.2) is 0 Å². The summed E-state index contributed by atoms with van der Waals surface area (Å²) in [6.45, 7) is 8.28. The van der Waals surface area contributed by atoms with Crippen molar-refractivity contribution in [3.8, 4) is 11.1 Å². The van der Waals surface area contributed by atoms with E-state index in [1.165, 1.54) is 22.3 Å². The Kier molecular flexibility index (Phi) is 3.43. The SMILES string of the molecule is C=C(C)c1ccccc1-c1ccc(CC)cc1. The summed E-state index contributed by atoms with van der Waals surface area (Å²) in [5.41, 5.74) is 6.25. The standard InChI is InChI=1S/C17H18/c1-4-14-9-11-15(12-10-14)17-8-6-5-7-16(17)13(2)3/h5-12H,2,4H2,1,3H3. The first-order valence-corrected chi connectivity index (χ1v) is 6.06. The summed E-state index contributed by atoms with van der Waals surface area (Å²) in [4.78, 5) is 0. The molecule has 0 aliphatic carbocycles. The Morgan fingerprint density at radius 2 is 1.65 bits per heavy atom. The highest BCUT2D eigenvalue weighted by Crippen LogP contribution is 2.28. The third kappa shape index (κ3) is 2.47. The van der Waals surface area contributed by atoms with Gasteiger partial charge in [-0.25, -0.2) is 0 Å². The monoisotopic (exact) mass is 222 g/mol. The molecule has 0 spiro atoms. The van der Waals surface area contributed by atoms with Crippen LogP contribution >= 0.6 is 0 Å². The highest BCUT2D eigenvalue weighted by molar-refractivity contribution is 5.79. The van der Waals surface area contributed by atoms with Gasteiger partial charge in [-0.2, -0.15) is 0 Å². The van der Waals surface area contributed by atoms with Crippen molar-refractivity contribution < 1.29 is 0 Å². The molecule has 0 nitrogen and oxygen atoms in total. The Morgan fingerprint density at radius 3 is 2.24 bits per heavy atom. The molecule has 0 atom stereocenters. The van der Waals surface area contributed by atoms with Gasteiger partial charge in [-0.1, -0.05) is 67.6 Å². The van der Waals surface area contributed by atoms with Gasteiger partial charge in [0.05, 0.1) is 0 Å². The molecule has 86 valence electrons. The number of allylic oxidation sites excluding steroid dienone is 1. The van der Waals surface area contributed by atoms with E-state index >= 15 is 0 Å². The fourth-order valence-electron chi connectivity index (χ4n) is 2.03. The summed E-state index contributed by atoms with van der Waals surface area (Å²) >= 11 is 0. The van der Waals surface area contributed by atoms with Gasteiger partial charge in [0.25, 0.3) is 0 Å². The predicted molar refractivity (Wildman–Crippen MR) is 76.0 cm³/mol. The Morgan fingerprint density at radius 1 is 1.00 bits per heavy atom. The van der Waals surface area contributed by atoms with E-state index in [-0.39, 0.29) is 0 Å². The average Bonchev–Trinajstić information content (AvgIpc) is 2.39. The minimum Gasteiger partial charge on any atom is -0.0955 e. The van der Waals surface area contributed by atoms with Gasteiger partial charge < -0.3 is 0 Å². The average molecular weight is 222 g/mol. The maximum atomic E-state index is 4.05. The van der Waals surface area contributed by atoms with E-state index < -0.39 is 0 Å². The van der Waals surface area contributed by atoms with Crippen LogP contribution in [0.5, 0.6) is 0 Å². The lowest BCUT2D eigenvalue weighted by Crippen LogP contribution is -1.87. The van der Waals surface area contributed by atoms with Gasteiger partial charge in [-0.05, 0) is 35.6 Å². The number of hydrogen-bond donors (Lipinski definition) is 0. The van der Waals surface area contributed by atoms with E-state index in [4.69, 9.17) is 0 Å². The van der Waals surface area contributed by atoms with Gasteiger partial charge in [-0.15, -0.1) is 0 Å². The molecule has 0 aliphatic heterocycles. The Bertz CT molecular complexity index is 518. The smallest absolute Gasteiger partial charge is 0.0109 e. The minimum absolute atomic E-state index is 1.09. The van der Waals surface area contributed by atoms with E-state index in [0.29, 0.717) is 0 Å². The van der Waals surface area contributed by atoms with Crippen LogP contribution in [0.25, 0.3) is 16.7 Å². The maximum Gasteiger partial charge on any atom is -0.0109 e. The molecule has 0 aromatic heterocycles. The summed E-state index contributed by atoms with van der Waals surface area (Å²) < 4.78 is 0. The van der Waals surface area contributed by atoms with Crippen LogP contribution in [0, 0.1) is 0 Å². The Labute approximate surface area is 104 Å². The van der Waals surface area contributed by atoms with Crippen LogP contribution in [0.4, 0.5) is 0 Å². The van der Waals surface area contributed by atoms with Crippen molar-refractivity contribution in [3.63, 3.8) is 0 Å². The molecular formula is C17H18. The fourth-order valence-corrected chi connectivity index (χ4v) is 2.03. The molecule has 0 amide bonds. The van der Waals surface area contributed by atoms with Crippen molar-refractivity contribution in [1.29, 1.82) is 0 Å². The second kappa shape index (κ2) is 5.01. The van der Waals surface area contributed by atoms with Crippen LogP contribution in [0.2, 0.25) is 0 Å². The van der Waals surface area contributed by atoms with Gasteiger partial charge in [0.15, 0.2) is 0 Å². The molecule has 0 saturated heterocycles. The van der Waals surface area contributed by atoms with Crippen LogP contribution in [0.1, 0.15) is 25.0 Å². The topological polar surface area (TPSA) is 0 Å². The van der Waals surface area contributed by atoms with Crippen molar-refractivity contribution in [2.45, 2.75) is 20.3 Å². The van der Waals surface area contributed by atoms with E-state index in [0.717, 1.165) is 12.0 Å². The van der Waals surface area contributed by atoms with Gasteiger partial charge >= 0.3 is 0 Å². The zero-order chi connectivity index (χ0) is 12.3. The summed E-state index contributed by atoms with van der Waals surface area (Å²) in [6, 6.07) is 17.2. The van der Waals surface area contributed by atoms with Crippen LogP contribution < -0.4 is 0 Å². The summed E-state index contributed by atoms with van der Waals surface area (Å²) in [5.74, 6) is 0. The molecule has 0 saturated carbocycles. The van der Waals surface area contributed by atoms with E-state index in [2.05, 4.69) is 69.0 Å². The highest BCUT2D eigenvalue weighted by Gasteiger charge is 2.04. The zero-order valence-corrected chi connectivity index (χ0v) is 10.5. The van der Waals surface area contributed by atoms with E-state index in [1.807, 2.05) is 0 Å². The lowest BCUT2D eigenvalue weighted by molar-refractivity contribution is 1.14. The van der Waals surface area contributed by atoms with Crippen molar-refractivity contribution >= 4 is 5.57 Å². The normalized spacial score (nSPS) is 10.2. The first-order valence-electron chi connectivity index (χ1n) is 6.06. The van der Waals surface area contributed by atoms with E-state index in [1.54, 1.807) is 0 Å². The van der Waals surface area contributed by atoms with Crippen LogP contribution in [0.3, 0.4) is 0 Å². The minimum atomic E-state index is 1.09.